The van der Waals surface area contributed by atoms with Crippen molar-refractivity contribution in [3.8, 4) is 0 Å². The summed E-state index contributed by atoms with van der Waals surface area (Å²) < 4.78 is 6.85. The number of hydrogen-bond acceptors (Lipinski definition) is 5. The SMILES string of the molecule is CCn1c(=O)c(C)nc2cc(C(=O)O[C@@H](C)C(=O)NC3CC3)ccc21. The Morgan fingerprint density at radius 2 is 2.12 bits per heavy atom. The van der Waals surface area contributed by atoms with Crippen molar-refractivity contribution in [1.29, 1.82) is 0 Å². The van der Waals surface area contributed by atoms with Crippen molar-refractivity contribution in [1.82, 2.24) is 14.9 Å². The van der Waals surface area contributed by atoms with E-state index in [9.17, 15) is 14.4 Å². The molecule has 1 saturated carbocycles. The maximum Gasteiger partial charge on any atom is 0.338 e. The summed E-state index contributed by atoms with van der Waals surface area (Å²) in [5.41, 5.74) is 1.73. The number of hydrogen-bond donors (Lipinski definition) is 1. The molecular formula is C18H21N3O4. The summed E-state index contributed by atoms with van der Waals surface area (Å²) in [6, 6.07) is 5.06. The first-order valence-corrected chi connectivity index (χ1v) is 8.43. The van der Waals surface area contributed by atoms with Crippen molar-refractivity contribution in [2.45, 2.75) is 52.3 Å². The van der Waals surface area contributed by atoms with Gasteiger partial charge in [-0.05, 0) is 51.8 Å². The molecule has 1 aromatic carbocycles. The highest BCUT2D eigenvalue weighted by atomic mass is 16.5. The van der Waals surface area contributed by atoms with Gasteiger partial charge in [0.15, 0.2) is 6.10 Å². The van der Waals surface area contributed by atoms with Gasteiger partial charge in [-0.25, -0.2) is 9.78 Å². The maximum absolute atomic E-state index is 12.3. The van der Waals surface area contributed by atoms with Crippen LogP contribution in [-0.4, -0.2) is 33.6 Å². The lowest BCUT2D eigenvalue weighted by Gasteiger charge is -2.14. The number of ether oxygens (including phenoxy) is 1. The van der Waals surface area contributed by atoms with Crippen LogP contribution in [0, 0.1) is 6.92 Å². The first kappa shape index (κ1) is 17.1. The molecule has 3 rings (SSSR count). The van der Waals surface area contributed by atoms with Gasteiger partial charge >= 0.3 is 5.97 Å². The van der Waals surface area contributed by atoms with Gasteiger partial charge in [-0.2, -0.15) is 0 Å². The molecule has 0 saturated heterocycles. The van der Waals surface area contributed by atoms with Crippen LogP contribution in [0.15, 0.2) is 23.0 Å². The maximum atomic E-state index is 12.3. The molecule has 1 heterocycles. The molecule has 0 bridgehead atoms. The minimum absolute atomic E-state index is 0.143. The van der Waals surface area contributed by atoms with Gasteiger partial charge in [-0.3, -0.25) is 9.59 Å². The Morgan fingerprint density at radius 1 is 1.40 bits per heavy atom. The second-order valence-electron chi connectivity index (χ2n) is 6.28. The van der Waals surface area contributed by atoms with E-state index >= 15 is 0 Å². The van der Waals surface area contributed by atoms with E-state index in [1.807, 2.05) is 6.92 Å². The zero-order valence-corrected chi connectivity index (χ0v) is 14.5. The summed E-state index contributed by atoms with van der Waals surface area (Å²) in [4.78, 5) is 40.6. The lowest BCUT2D eigenvalue weighted by molar-refractivity contribution is -0.129. The topological polar surface area (TPSA) is 90.3 Å². The second kappa shape index (κ2) is 6.66. The Morgan fingerprint density at radius 3 is 2.76 bits per heavy atom. The number of aromatic nitrogens is 2. The highest BCUT2D eigenvalue weighted by molar-refractivity contribution is 5.95. The van der Waals surface area contributed by atoms with Gasteiger partial charge < -0.3 is 14.6 Å². The Bertz CT molecular complexity index is 899. The van der Waals surface area contributed by atoms with Gasteiger partial charge in [-0.1, -0.05) is 0 Å². The van der Waals surface area contributed by atoms with Crippen LogP contribution in [0.4, 0.5) is 0 Å². The van der Waals surface area contributed by atoms with Crippen LogP contribution in [0.2, 0.25) is 0 Å². The van der Waals surface area contributed by atoms with Gasteiger partial charge in [0.2, 0.25) is 0 Å². The van der Waals surface area contributed by atoms with Crippen LogP contribution >= 0.6 is 0 Å². The summed E-state index contributed by atoms with van der Waals surface area (Å²) in [6.07, 6.45) is 1.09. The standard InChI is InChI=1S/C18H21N3O4/c1-4-21-15-8-5-12(9-14(15)19-10(2)17(21)23)18(24)25-11(3)16(22)20-13-6-7-13/h5,8-9,11,13H,4,6-7H2,1-3H3,(H,20,22)/t11-/m0/s1. The Balaban J connectivity index is 1.83. The first-order chi connectivity index (χ1) is 11.9. The van der Waals surface area contributed by atoms with Crippen molar-refractivity contribution in [2.24, 2.45) is 0 Å². The van der Waals surface area contributed by atoms with Crippen LogP contribution in [0.25, 0.3) is 11.0 Å². The predicted octanol–water partition coefficient (Wildman–Crippen LogP) is 1.55. The number of aryl methyl sites for hydroxylation is 2. The van der Waals surface area contributed by atoms with E-state index in [1.54, 1.807) is 36.6 Å². The Labute approximate surface area is 145 Å². The quantitative estimate of drug-likeness (QED) is 0.832. The second-order valence-corrected chi connectivity index (χ2v) is 6.28. The van der Waals surface area contributed by atoms with Gasteiger partial charge in [-0.15, -0.1) is 0 Å². The largest absolute Gasteiger partial charge is 0.449 e. The van der Waals surface area contributed by atoms with Crippen molar-refractivity contribution < 1.29 is 14.3 Å². The summed E-state index contributed by atoms with van der Waals surface area (Å²) in [6.45, 7) is 5.58. The first-order valence-electron chi connectivity index (χ1n) is 8.43. The summed E-state index contributed by atoms with van der Waals surface area (Å²) in [7, 11) is 0. The number of nitrogens with one attached hydrogen (secondary N) is 1. The zero-order valence-electron chi connectivity index (χ0n) is 14.5. The van der Waals surface area contributed by atoms with Crippen molar-refractivity contribution in [3.05, 3.63) is 39.8 Å². The van der Waals surface area contributed by atoms with E-state index in [1.165, 1.54) is 0 Å². The normalized spacial score (nSPS) is 15.0. The van der Waals surface area contributed by atoms with Crippen LogP contribution in [0.5, 0.6) is 0 Å². The molecule has 25 heavy (non-hydrogen) atoms. The summed E-state index contributed by atoms with van der Waals surface area (Å²) in [5, 5.41) is 2.80. The van der Waals surface area contributed by atoms with Gasteiger partial charge in [0.25, 0.3) is 11.5 Å². The van der Waals surface area contributed by atoms with Crippen LogP contribution in [-0.2, 0) is 16.1 Å². The Kier molecular flexibility index (Phi) is 4.57. The third kappa shape index (κ3) is 3.55. The van der Waals surface area contributed by atoms with Crippen molar-refractivity contribution >= 4 is 22.9 Å². The van der Waals surface area contributed by atoms with Crippen LogP contribution in [0.3, 0.4) is 0 Å². The molecule has 1 aliphatic carbocycles. The molecule has 0 unspecified atom stereocenters. The molecule has 1 aliphatic rings. The molecule has 7 nitrogen and oxygen atoms in total. The highest BCUT2D eigenvalue weighted by Crippen LogP contribution is 2.19. The molecule has 1 amide bonds. The monoisotopic (exact) mass is 343 g/mol. The fourth-order valence-corrected chi connectivity index (χ4v) is 2.64. The third-order valence-corrected chi connectivity index (χ3v) is 4.24. The van der Waals surface area contributed by atoms with Gasteiger partial charge in [0.1, 0.15) is 5.69 Å². The van der Waals surface area contributed by atoms with Crippen molar-refractivity contribution in [3.63, 3.8) is 0 Å². The molecule has 0 spiro atoms. The number of fused-ring (bicyclic) bond motifs is 1. The molecule has 1 aromatic heterocycles. The predicted molar refractivity (Wildman–Crippen MR) is 92.5 cm³/mol. The number of amides is 1. The average molecular weight is 343 g/mol. The van der Waals surface area contributed by atoms with E-state index in [4.69, 9.17) is 4.74 Å². The molecule has 1 fully saturated rings. The summed E-state index contributed by atoms with van der Waals surface area (Å²) >= 11 is 0. The minimum Gasteiger partial charge on any atom is -0.449 e. The fourth-order valence-electron chi connectivity index (χ4n) is 2.64. The number of nitrogens with zero attached hydrogens (tertiary/aromatic N) is 2. The van der Waals surface area contributed by atoms with E-state index in [2.05, 4.69) is 10.3 Å². The lowest BCUT2D eigenvalue weighted by atomic mass is 10.2. The molecule has 132 valence electrons. The van der Waals surface area contributed by atoms with Crippen LogP contribution < -0.4 is 10.9 Å². The zero-order chi connectivity index (χ0) is 18.1. The third-order valence-electron chi connectivity index (χ3n) is 4.24. The van der Waals surface area contributed by atoms with Crippen molar-refractivity contribution in [2.75, 3.05) is 0 Å². The van der Waals surface area contributed by atoms with Crippen LogP contribution in [0.1, 0.15) is 42.7 Å². The molecule has 2 aromatic rings. The van der Waals surface area contributed by atoms with Gasteiger partial charge in [0.05, 0.1) is 16.6 Å². The smallest absolute Gasteiger partial charge is 0.338 e. The molecule has 1 N–H and O–H groups in total. The van der Waals surface area contributed by atoms with E-state index in [0.717, 1.165) is 12.8 Å². The lowest BCUT2D eigenvalue weighted by Crippen LogP contribution is -2.37. The summed E-state index contributed by atoms with van der Waals surface area (Å²) in [5.74, 6) is -0.875. The van der Waals surface area contributed by atoms with Gasteiger partial charge in [0, 0.05) is 12.6 Å². The number of esters is 1. The molecule has 1 atom stereocenters. The number of rotatable bonds is 5. The number of benzene rings is 1. The fraction of sp³-hybridized carbons (Fsp3) is 0.444. The molecule has 0 aliphatic heterocycles. The number of carbonyl (C=O) groups is 2. The van der Waals surface area contributed by atoms with E-state index in [0.29, 0.717) is 28.8 Å². The Hall–Kier alpha value is -2.70. The highest BCUT2D eigenvalue weighted by Gasteiger charge is 2.27. The molecule has 0 radical (unpaired) electrons. The number of carbonyl (C=O) groups excluding carboxylic acids is 2. The minimum atomic E-state index is -0.858. The molecule has 7 heteroatoms. The van der Waals surface area contributed by atoms with E-state index in [-0.39, 0.29) is 17.5 Å². The van der Waals surface area contributed by atoms with E-state index < -0.39 is 12.1 Å². The molecular weight excluding hydrogens is 322 g/mol. The average Bonchev–Trinajstić information content (AvgIpc) is 3.39.